The van der Waals surface area contributed by atoms with Crippen LogP contribution < -0.4 is 14.8 Å². The van der Waals surface area contributed by atoms with Crippen LogP contribution in [0.15, 0.2) is 42.7 Å². The summed E-state index contributed by atoms with van der Waals surface area (Å²) in [5.41, 5.74) is 0.891. The highest BCUT2D eigenvalue weighted by atomic mass is 16.6. The number of pyridine rings is 1. The van der Waals surface area contributed by atoms with Crippen LogP contribution in [0.1, 0.15) is 36.7 Å². The van der Waals surface area contributed by atoms with Crippen LogP contribution in [0.4, 0.5) is 5.69 Å². The van der Waals surface area contributed by atoms with E-state index in [1.165, 1.54) is 56.6 Å². The van der Waals surface area contributed by atoms with E-state index in [1.807, 2.05) is 0 Å². The second-order valence-electron chi connectivity index (χ2n) is 5.86. The van der Waals surface area contributed by atoms with Crippen molar-refractivity contribution in [2.45, 2.75) is 20.8 Å². The van der Waals surface area contributed by atoms with Crippen molar-refractivity contribution in [1.29, 1.82) is 0 Å². The summed E-state index contributed by atoms with van der Waals surface area (Å²) >= 11 is 0. The number of hydrogen-bond donors (Lipinski definition) is 1. The smallest absolute Gasteiger partial charge is 0.340 e. The van der Waals surface area contributed by atoms with Gasteiger partial charge in [0.25, 0.3) is 0 Å². The van der Waals surface area contributed by atoms with Gasteiger partial charge in [0, 0.05) is 26.1 Å². The molecule has 1 heterocycles. The standard InChI is InChI=1S/C21H20N2O7/c1-4-28-21(27)16-9-10-22-12-17(16)23-20(26)8-6-15-5-7-18(29-13(2)24)19(11-15)30-14(3)25/h5-12H,4H2,1-3H3,(H,23,26). The third kappa shape index (κ3) is 6.55. The summed E-state index contributed by atoms with van der Waals surface area (Å²) in [7, 11) is 0. The number of benzene rings is 1. The maximum absolute atomic E-state index is 12.3. The number of aromatic nitrogens is 1. The van der Waals surface area contributed by atoms with Gasteiger partial charge in [0.2, 0.25) is 5.91 Å². The number of ether oxygens (including phenoxy) is 3. The Balaban J connectivity index is 2.18. The summed E-state index contributed by atoms with van der Waals surface area (Å²) < 4.78 is 15.0. The van der Waals surface area contributed by atoms with Crippen LogP contribution in [-0.4, -0.2) is 35.4 Å². The molecule has 1 aromatic heterocycles. The van der Waals surface area contributed by atoms with E-state index in [9.17, 15) is 19.2 Å². The topological polar surface area (TPSA) is 121 Å². The Bertz CT molecular complexity index is 999. The molecule has 0 atom stereocenters. The number of carbonyl (C=O) groups excluding carboxylic acids is 4. The lowest BCUT2D eigenvalue weighted by Crippen LogP contribution is -2.14. The number of amides is 1. The monoisotopic (exact) mass is 412 g/mol. The van der Waals surface area contributed by atoms with Crippen LogP contribution in [0.2, 0.25) is 0 Å². The molecule has 2 rings (SSSR count). The molecule has 0 unspecified atom stereocenters. The normalized spacial score (nSPS) is 10.4. The minimum absolute atomic E-state index is 0.0390. The van der Waals surface area contributed by atoms with Crippen molar-refractivity contribution in [3.8, 4) is 11.5 Å². The van der Waals surface area contributed by atoms with Gasteiger partial charge < -0.3 is 19.5 Å². The number of anilines is 1. The number of rotatable bonds is 7. The summed E-state index contributed by atoms with van der Waals surface area (Å²) in [6.45, 7) is 4.31. The van der Waals surface area contributed by atoms with Crippen molar-refractivity contribution >= 4 is 35.6 Å². The van der Waals surface area contributed by atoms with Crippen LogP contribution in [0.25, 0.3) is 6.08 Å². The van der Waals surface area contributed by atoms with Crippen LogP contribution >= 0.6 is 0 Å². The number of hydrogen-bond acceptors (Lipinski definition) is 8. The lowest BCUT2D eigenvalue weighted by molar-refractivity contribution is -0.134. The Morgan fingerprint density at radius 2 is 1.73 bits per heavy atom. The van der Waals surface area contributed by atoms with E-state index >= 15 is 0 Å². The van der Waals surface area contributed by atoms with Crippen LogP contribution in [0.5, 0.6) is 11.5 Å². The molecule has 2 aromatic rings. The lowest BCUT2D eigenvalue weighted by Gasteiger charge is -2.09. The number of esters is 3. The van der Waals surface area contributed by atoms with Crippen LogP contribution in [0.3, 0.4) is 0 Å². The van der Waals surface area contributed by atoms with E-state index in [1.54, 1.807) is 13.0 Å². The molecular weight excluding hydrogens is 392 g/mol. The Morgan fingerprint density at radius 1 is 1.03 bits per heavy atom. The van der Waals surface area contributed by atoms with E-state index < -0.39 is 23.8 Å². The van der Waals surface area contributed by atoms with E-state index in [0.717, 1.165) is 0 Å². The van der Waals surface area contributed by atoms with Crippen LogP contribution in [0, 0.1) is 0 Å². The fraction of sp³-hybridized carbons (Fsp3) is 0.190. The average Bonchev–Trinajstić information content (AvgIpc) is 2.68. The minimum atomic E-state index is -0.592. The van der Waals surface area contributed by atoms with Gasteiger partial charge in [-0.25, -0.2) is 4.79 Å². The van der Waals surface area contributed by atoms with E-state index in [4.69, 9.17) is 14.2 Å². The summed E-state index contributed by atoms with van der Waals surface area (Å²) in [4.78, 5) is 50.6. The first-order valence-electron chi connectivity index (χ1n) is 8.91. The van der Waals surface area contributed by atoms with Gasteiger partial charge in [-0.2, -0.15) is 0 Å². The maximum atomic E-state index is 12.3. The summed E-state index contributed by atoms with van der Waals surface area (Å²) in [6.07, 6.45) is 5.43. The van der Waals surface area contributed by atoms with Gasteiger partial charge >= 0.3 is 17.9 Å². The minimum Gasteiger partial charge on any atom is -0.462 e. The highest BCUT2D eigenvalue weighted by Gasteiger charge is 2.14. The largest absolute Gasteiger partial charge is 0.462 e. The van der Waals surface area contributed by atoms with Gasteiger partial charge in [-0.05, 0) is 36.8 Å². The van der Waals surface area contributed by atoms with Gasteiger partial charge in [0.15, 0.2) is 11.5 Å². The molecule has 0 saturated heterocycles. The second kappa shape index (κ2) is 10.5. The van der Waals surface area contributed by atoms with E-state index in [0.29, 0.717) is 5.56 Å². The third-order valence-corrected chi connectivity index (χ3v) is 3.48. The predicted octanol–water partition coefficient (Wildman–Crippen LogP) is 2.76. The molecule has 0 aliphatic carbocycles. The Labute approximate surface area is 172 Å². The van der Waals surface area contributed by atoms with Gasteiger partial charge in [-0.15, -0.1) is 0 Å². The first kappa shape index (κ1) is 22.3. The van der Waals surface area contributed by atoms with Gasteiger partial charge in [0.1, 0.15) is 0 Å². The molecule has 156 valence electrons. The first-order chi connectivity index (χ1) is 14.3. The first-order valence-corrected chi connectivity index (χ1v) is 8.91. The predicted molar refractivity (Wildman–Crippen MR) is 107 cm³/mol. The zero-order valence-corrected chi connectivity index (χ0v) is 16.6. The SMILES string of the molecule is CCOC(=O)c1ccncc1NC(=O)C=Cc1ccc(OC(C)=O)c(OC(C)=O)c1. The van der Waals surface area contributed by atoms with Crippen molar-refractivity contribution in [3.05, 3.63) is 53.9 Å². The fourth-order valence-corrected chi connectivity index (χ4v) is 2.33. The maximum Gasteiger partial charge on any atom is 0.340 e. The van der Waals surface area contributed by atoms with Crippen molar-refractivity contribution in [2.24, 2.45) is 0 Å². The lowest BCUT2D eigenvalue weighted by atomic mass is 10.2. The summed E-state index contributed by atoms with van der Waals surface area (Å²) in [5, 5.41) is 2.56. The van der Waals surface area contributed by atoms with Crippen molar-refractivity contribution in [1.82, 2.24) is 4.98 Å². The quantitative estimate of drug-likeness (QED) is 0.419. The average molecular weight is 412 g/mol. The van der Waals surface area contributed by atoms with E-state index in [2.05, 4.69) is 10.3 Å². The van der Waals surface area contributed by atoms with Crippen LogP contribution in [-0.2, 0) is 19.1 Å². The molecule has 30 heavy (non-hydrogen) atoms. The van der Waals surface area contributed by atoms with Gasteiger partial charge in [-0.1, -0.05) is 6.07 Å². The molecule has 0 aliphatic heterocycles. The summed E-state index contributed by atoms with van der Waals surface area (Å²) in [5.74, 6) is -2.14. The van der Waals surface area contributed by atoms with Crippen molar-refractivity contribution in [3.63, 3.8) is 0 Å². The highest BCUT2D eigenvalue weighted by molar-refractivity contribution is 6.06. The van der Waals surface area contributed by atoms with Crippen molar-refractivity contribution in [2.75, 3.05) is 11.9 Å². The molecule has 1 N–H and O–H groups in total. The summed E-state index contributed by atoms with van der Waals surface area (Å²) in [6, 6.07) is 5.90. The molecule has 0 aliphatic rings. The molecule has 0 saturated carbocycles. The molecular formula is C21H20N2O7. The molecule has 1 aromatic carbocycles. The number of nitrogens with one attached hydrogen (secondary N) is 1. The van der Waals surface area contributed by atoms with Gasteiger partial charge in [-0.3, -0.25) is 19.4 Å². The molecule has 0 radical (unpaired) electrons. The Morgan fingerprint density at radius 3 is 2.40 bits per heavy atom. The molecule has 0 spiro atoms. The Hall–Kier alpha value is -4.01. The number of carbonyl (C=O) groups is 4. The van der Waals surface area contributed by atoms with Gasteiger partial charge in [0.05, 0.1) is 24.1 Å². The zero-order valence-electron chi connectivity index (χ0n) is 16.6. The molecule has 0 fully saturated rings. The molecule has 9 nitrogen and oxygen atoms in total. The molecule has 0 bridgehead atoms. The Kier molecular flexibility index (Phi) is 7.81. The molecule has 1 amide bonds. The number of nitrogens with zero attached hydrogens (tertiary/aromatic N) is 1. The highest BCUT2D eigenvalue weighted by Crippen LogP contribution is 2.29. The third-order valence-electron chi connectivity index (χ3n) is 3.48. The zero-order chi connectivity index (χ0) is 22.1. The molecule has 9 heteroatoms. The fourth-order valence-electron chi connectivity index (χ4n) is 2.33. The van der Waals surface area contributed by atoms with E-state index in [-0.39, 0.29) is 29.4 Å². The van der Waals surface area contributed by atoms with Crippen molar-refractivity contribution < 1.29 is 33.4 Å². The second-order valence-corrected chi connectivity index (χ2v) is 5.86.